The van der Waals surface area contributed by atoms with E-state index in [0.717, 1.165) is 12.0 Å². The van der Waals surface area contributed by atoms with Crippen LogP contribution in [0.25, 0.3) is 0 Å². The van der Waals surface area contributed by atoms with Crippen LogP contribution in [0.2, 0.25) is 0 Å². The Labute approximate surface area is 87.3 Å². The molecule has 0 aliphatic carbocycles. The summed E-state index contributed by atoms with van der Waals surface area (Å²) in [7, 11) is 0. The summed E-state index contributed by atoms with van der Waals surface area (Å²) in [6.45, 7) is 2.46. The zero-order valence-electron chi connectivity index (χ0n) is 7.27. The first-order valence-electron chi connectivity index (χ1n) is 3.97. The van der Waals surface area contributed by atoms with E-state index in [2.05, 4.69) is 10.3 Å². The molecule has 0 spiro atoms. The minimum Gasteiger partial charge on any atom is -0.331 e. The quantitative estimate of drug-likeness (QED) is 0.698. The van der Waals surface area contributed by atoms with Crippen molar-refractivity contribution in [1.29, 1.82) is 0 Å². The average Bonchev–Trinajstić information content (AvgIpc) is 2.04. The van der Waals surface area contributed by atoms with Crippen LogP contribution in [-0.4, -0.2) is 11.7 Å². The Morgan fingerprint density at radius 1 is 1.62 bits per heavy atom. The van der Waals surface area contributed by atoms with Crippen molar-refractivity contribution in [2.24, 2.45) is 10.7 Å². The van der Waals surface area contributed by atoms with Gasteiger partial charge in [0, 0.05) is 12.6 Å². The van der Waals surface area contributed by atoms with Gasteiger partial charge in [0.05, 0.1) is 0 Å². The minimum absolute atomic E-state index is 0.373. The molecule has 72 valence electrons. The average molecular weight is 220 g/mol. The van der Waals surface area contributed by atoms with Gasteiger partial charge in [0.15, 0.2) is 0 Å². The van der Waals surface area contributed by atoms with Crippen LogP contribution in [-0.2, 0) is 0 Å². The van der Waals surface area contributed by atoms with Crippen molar-refractivity contribution in [1.82, 2.24) is 5.32 Å². The van der Waals surface area contributed by atoms with Gasteiger partial charge in [-0.05, 0) is 12.0 Å². The Hall–Kier alpha value is -0.510. The monoisotopic (exact) mass is 219 g/mol. The molecule has 0 saturated carbocycles. The molecule has 0 aromatic rings. The van der Waals surface area contributed by atoms with Crippen LogP contribution in [0.5, 0.6) is 0 Å². The van der Waals surface area contributed by atoms with E-state index in [1.54, 1.807) is 6.08 Å². The third-order valence-corrected chi connectivity index (χ3v) is 2.11. The van der Waals surface area contributed by atoms with Gasteiger partial charge in [0.1, 0.15) is 16.1 Å². The van der Waals surface area contributed by atoms with E-state index in [0.29, 0.717) is 22.7 Å². The maximum absolute atomic E-state index is 5.77. The smallest absolute Gasteiger partial charge is 0.134 e. The second-order valence-electron chi connectivity index (χ2n) is 2.56. The first-order valence-corrected chi connectivity index (χ1v) is 4.73. The van der Waals surface area contributed by atoms with Crippen LogP contribution in [0.4, 0.5) is 0 Å². The molecule has 0 atom stereocenters. The second kappa shape index (κ2) is 4.65. The molecule has 0 amide bonds. The van der Waals surface area contributed by atoms with Gasteiger partial charge in [-0.3, -0.25) is 0 Å². The first-order chi connectivity index (χ1) is 6.17. The molecule has 1 aliphatic heterocycles. The molecular weight excluding hydrogens is 209 g/mol. The highest BCUT2D eigenvalue weighted by atomic mass is 35.5. The molecule has 0 unspecified atom stereocenters. The first kappa shape index (κ1) is 10.6. The molecule has 0 aromatic carbocycles. The predicted octanol–water partition coefficient (Wildman–Crippen LogP) is 1.89. The van der Waals surface area contributed by atoms with Crippen molar-refractivity contribution < 1.29 is 0 Å². The van der Waals surface area contributed by atoms with E-state index in [9.17, 15) is 0 Å². The Morgan fingerprint density at radius 3 is 2.77 bits per heavy atom. The molecule has 0 bridgehead atoms. The van der Waals surface area contributed by atoms with Crippen molar-refractivity contribution in [2.75, 3.05) is 6.54 Å². The topological polar surface area (TPSA) is 50.4 Å². The van der Waals surface area contributed by atoms with Crippen molar-refractivity contribution >= 4 is 28.4 Å². The number of nitrogens with zero attached hydrogens (tertiary/aromatic N) is 1. The molecule has 1 aliphatic rings. The number of hydrogen-bond acceptors (Lipinski definition) is 3. The molecule has 0 fully saturated rings. The Balaban J connectivity index is 2.97. The van der Waals surface area contributed by atoms with E-state index < -0.39 is 0 Å². The lowest BCUT2D eigenvalue weighted by atomic mass is 10.2. The molecule has 0 aromatic heterocycles. The number of allylic oxidation sites excluding steroid dienone is 1. The molecule has 5 heteroatoms. The summed E-state index contributed by atoms with van der Waals surface area (Å²) in [5.41, 5.74) is 6.54. The molecule has 0 saturated heterocycles. The van der Waals surface area contributed by atoms with Crippen molar-refractivity contribution in [2.45, 2.75) is 13.3 Å². The number of rotatable bonds is 2. The van der Waals surface area contributed by atoms with Crippen LogP contribution in [0, 0.1) is 0 Å². The van der Waals surface area contributed by atoms with Crippen LogP contribution < -0.4 is 11.1 Å². The lowest BCUT2D eigenvalue weighted by Gasteiger charge is -2.14. The van der Waals surface area contributed by atoms with Gasteiger partial charge >= 0.3 is 0 Å². The van der Waals surface area contributed by atoms with Gasteiger partial charge < -0.3 is 11.1 Å². The Morgan fingerprint density at radius 2 is 2.31 bits per heavy atom. The Bertz CT molecular complexity index is 286. The van der Waals surface area contributed by atoms with E-state index >= 15 is 0 Å². The summed E-state index contributed by atoms with van der Waals surface area (Å²) < 4.78 is 0. The highest BCUT2D eigenvalue weighted by Crippen LogP contribution is 2.15. The standard InChI is InChI=1S/C8H11Cl2N3/c1-2-5(4-11)8-12-6(9)3-7(10)13-8/h3,12H,2,4,11H2,1H3/b8-5+. The summed E-state index contributed by atoms with van der Waals surface area (Å²) in [5, 5.41) is 3.74. The lowest BCUT2D eigenvalue weighted by Crippen LogP contribution is -2.18. The zero-order chi connectivity index (χ0) is 9.84. The number of nitrogens with two attached hydrogens (primary N) is 1. The maximum Gasteiger partial charge on any atom is 0.134 e. The normalized spacial score (nSPS) is 20.3. The molecule has 3 nitrogen and oxygen atoms in total. The van der Waals surface area contributed by atoms with Gasteiger partial charge in [-0.2, -0.15) is 0 Å². The highest BCUT2D eigenvalue weighted by molar-refractivity contribution is 6.69. The third kappa shape index (κ3) is 2.72. The number of nitrogens with one attached hydrogen (secondary N) is 1. The number of aliphatic imine (C=N–C) groups is 1. The zero-order valence-corrected chi connectivity index (χ0v) is 8.78. The fourth-order valence-corrected chi connectivity index (χ4v) is 1.44. The molecular formula is C8H11Cl2N3. The van der Waals surface area contributed by atoms with Crippen molar-refractivity contribution in [3.8, 4) is 0 Å². The van der Waals surface area contributed by atoms with Gasteiger partial charge in [-0.25, -0.2) is 4.99 Å². The highest BCUT2D eigenvalue weighted by Gasteiger charge is 2.09. The molecule has 1 heterocycles. The number of hydrogen-bond donors (Lipinski definition) is 2. The van der Waals surface area contributed by atoms with Crippen LogP contribution >= 0.6 is 23.2 Å². The molecule has 3 N–H and O–H groups in total. The SMILES string of the molecule is CC/C(CN)=C1\N=C(Cl)C=C(Cl)N1. The molecule has 0 radical (unpaired) electrons. The van der Waals surface area contributed by atoms with Crippen LogP contribution in [0.1, 0.15) is 13.3 Å². The predicted molar refractivity (Wildman–Crippen MR) is 56.7 cm³/mol. The fraction of sp³-hybridized carbons (Fsp3) is 0.375. The van der Waals surface area contributed by atoms with E-state index in [4.69, 9.17) is 28.9 Å². The Kier molecular flexibility index (Phi) is 3.78. The largest absolute Gasteiger partial charge is 0.331 e. The minimum atomic E-state index is 0.373. The van der Waals surface area contributed by atoms with E-state index in [1.807, 2.05) is 6.92 Å². The fourth-order valence-electron chi connectivity index (χ4n) is 0.997. The summed E-state index contributed by atoms with van der Waals surface area (Å²) in [6.07, 6.45) is 2.38. The third-order valence-electron chi connectivity index (χ3n) is 1.71. The molecule has 13 heavy (non-hydrogen) atoms. The summed E-state index contributed by atoms with van der Waals surface area (Å²) in [6, 6.07) is 0. The van der Waals surface area contributed by atoms with E-state index in [-0.39, 0.29) is 0 Å². The summed E-state index contributed by atoms with van der Waals surface area (Å²) in [5.74, 6) is 0.669. The second-order valence-corrected chi connectivity index (χ2v) is 3.36. The van der Waals surface area contributed by atoms with E-state index in [1.165, 1.54) is 0 Å². The van der Waals surface area contributed by atoms with Crippen molar-refractivity contribution in [3.63, 3.8) is 0 Å². The van der Waals surface area contributed by atoms with Crippen LogP contribution in [0.3, 0.4) is 0 Å². The molecule has 1 rings (SSSR count). The van der Waals surface area contributed by atoms with Gasteiger partial charge in [-0.15, -0.1) is 0 Å². The van der Waals surface area contributed by atoms with Gasteiger partial charge in [0.25, 0.3) is 0 Å². The number of halogens is 2. The van der Waals surface area contributed by atoms with Crippen LogP contribution in [0.15, 0.2) is 27.6 Å². The van der Waals surface area contributed by atoms with Gasteiger partial charge in [-0.1, -0.05) is 30.1 Å². The lowest BCUT2D eigenvalue weighted by molar-refractivity contribution is 0.888. The van der Waals surface area contributed by atoms with Gasteiger partial charge in [0.2, 0.25) is 0 Å². The maximum atomic E-state index is 5.77. The van der Waals surface area contributed by atoms with Crippen molar-refractivity contribution in [3.05, 3.63) is 22.6 Å². The summed E-state index contributed by atoms with van der Waals surface area (Å²) in [4.78, 5) is 4.08. The summed E-state index contributed by atoms with van der Waals surface area (Å²) >= 11 is 11.5.